The van der Waals surface area contributed by atoms with Crippen LogP contribution < -0.4 is 10.1 Å². The molecule has 0 spiro atoms. The van der Waals surface area contributed by atoms with E-state index in [4.69, 9.17) is 9.47 Å². The van der Waals surface area contributed by atoms with Crippen LogP contribution in [0.5, 0.6) is 5.75 Å². The first-order valence-corrected chi connectivity index (χ1v) is 13.1. The van der Waals surface area contributed by atoms with E-state index in [9.17, 15) is 4.79 Å². The summed E-state index contributed by atoms with van der Waals surface area (Å²) in [6, 6.07) is 25.1. The molecule has 0 radical (unpaired) electrons. The molecular weight excluding hydrogens is 448 g/mol. The first-order chi connectivity index (χ1) is 17.7. The summed E-state index contributed by atoms with van der Waals surface area (Å²) in [6.45, 7) is 8.22. The Morgan fingerprint density at radius 3 is 2.64 bits per heavy atom. The zero-order chi connectivity index (χ0) is 24.9. The summed E-state index contributed by atoms with van der Waals surface area (Å²) in [5.74, 6) is 1.13. The number of nitrogens with one attached hydrogen (secondary N) is 1. The van der Waals surface area contributed by atoms with Crippen LogP contribution in [0.15, 0.2) is 72.8 Å². The Bertz CT molecular complexity index is 1180. The van der Waals surface area contributed by atoms with Crippen LogP contribution in [-0.2, 0) is 9.53 Å². The van der Waals surface area contributed by atoms with Gasteiger partial charge in [0.1, 0.15) is 5.75 Å². The Balaban J connectivity index is 1.43. The van der Waals surface area contributed by atoms with Gasteiger partial charge in [0.2, 0.25) is 5.91 Å². The zero-order valence-electron chi connectivity index (χ0n) is 21.3. The van der Waals surface area contributed by atoms with Crippen molar-refractivity contribution in [2.75, 3.05) is 39.5 Å². The van der Waals surface area contributed by atoms with Crippen LogP contribution in [0.4, 0.5) is 0 Å². The van der Waals surface area contributed by atoms with E-state index in [1.807, 2.05) is 18.2 Å². The van der Waals surface area contributed by atoms with Crippen molar-refractivity contribution < 1.29 is 14.3 Å². The number of hydrogen-bond acceptors (Lipinski definition) is 4. The Labute approximate surface area is 214 Å². The smallest absolute Gasteiger partial charge is 0.228 e. The van der Waals surface area contributed by atoms with Gasteiger partial charge >= 0.3 is 0 Å². The molecule has 0 unspecified atom stereocenters. The van der Waals surface area contributed by atoms with E-state index in [1.165, 1.54) is 22.3 Å². The number of rotatable bonds is 7. The van der Waals surface area contributed by atoms with Gasteiger partial charge in [-0.1, -0.05) is 67.6 Å². The van der Waals surface area contributed by atoms with Crippen LogP contribution in [0.2, 0.25) is 0 Å². The number of carbonyl (C=O) groups excluding carboxylic acids is 1. The molecule has 5 heteroatoms. The van der Waals surface area contributed by atoms with E-state index in [2.05, 4.69) is 78.7 Å². The lowest BCUT2D eigenvalue weighted by molar-refractivity contribution is -0.144. The van der Waals surface area contributed by atoms with Crippen LogP contribution in [0.3, 0.4) is 0 Å². The van der Waals surface area contributed by atoms with Crippen LogP contribution in [0.1, 0.15) is 42.0 Å². The van der Waals surface area contributed by atoms with Crippen molar-refractivity contribution in [1.29, 1.82) is 0 Å². The van der Waals surface area contributed by atoms with Crippen LogP contribution in [-0.4, -0.2) is 50.3 Å². The molecule has 0 bridgehead atoms. The summed E-state index contributed by atoms with van der Waals surface area (Å²) in [7, 11) is 0. The van der Waals surface area contributed by atoms with E-state index in [1.54, 1.807) is 0 Å². The van der Waals surface area contributed by atoms with Crippen molar-refractivity contribution in [1.82, 2.24) is 10.2 Å². The van der Waals surface area contributed by atoms with Crippen molar-refractivity contribution in [2.45, 2.75) is 32.2 Å². The molecule has 1 N–H and O–H groups in total. The minimum absolute atomic E-state index is 0.0400. The number of morpholine rings is 1. The van der Waals surface area contributed by atoms with Gasteiger partial charge < -0.3 is 19.7 Å². The Morgan fingerprint density at radius 1 is 1.03 bits per heavy atom. The molecule has 0 aliphatic carbocycles. The number of ether oxygens (including phenoxy) is 2. The molecule has 3 aromatic carbocycles. The highest BCUT2D eigenvalue weighted by Gasteiger charge is 2.40. The van der Waals surface area contributed by atoms with Gasteiger partial charge in [0.15, 0.2) is 0 Å². The number of nitrogens with zero attached hydrogens (tertiary/aromatic N) is 1. The number of carbonyl (C=O) groups is 1. The summed E-state index contributed by atoms with van der Waals surface area (Å²) < 4.78 is 11.6. The van der Waals surface area contributed by atoms with Crippen LogP contribution in [0, 0.1) is 12.8 Å². The third-order valence-corrected chi connectivity index (χ3v) is 7.45. The fraction of sp³-hybridized carbons (Fsp3) is 0.387. The summed E-state index contributed by atoms with van der Waals surface area (Å²) in [6.07, 6.45) is 0.988. The number of hydrogen-bond donors (Lipinski definition) is 1. The van der Waals surface area contributed by atoms with Gasteiger partial charge in [0.25, 0.3) is 0 Å². The Hall–Kier alpha value is -3.15. The minimum atomic E-state index is -0.108. The van der Waals surface area contributed by atoms with Gasteiger partial charge in [0.05, 0.1) is 31.8 Å². The molecular formula is C31H36N2O3. The van der Waals surface area contributed by atoms with E-state index >= 15 is 0 Å². The SMILES string of the molecule is CCCOc1ccc(-c2ccccc2[C@@H]2CNC[C@H]2C(=O)N2CCOC[C@@H]2c2ccccc2)c(C)c1. The molecule has 0 saturated carbocycles. The molecule has 2 aliphatic heterocycles. The van der Waals surface area contributed by atoms with Gasteiger partial charge in [-0.15, -0.1) is 0 Å². The largest absolute Gasteiger partial charge is 0.494 e. The van der Waals surface area contributed by atoms with Crippen molar-refractivity contribution in [3.63, 3.8) is 0 Å². The lowest BCUT2D eigenvalue weighted by Crippen LogP contribution is -2.47. The van der Waals surface area contributed by atoms with Crippen molar-refractivity contribution in [3.05, 3.63) is 89.5 Å². The third kappa shape index (κ3) is 5.04. The minimum Gasteiger partial charge on any atom is -0.494 e. The van der Waals surface area contributed by atoms with Crippen molar-refractivity contribution in [2.24, 2.45) is 5.92 Å². The molecule has 5 rings (SSSR count). The molecule has 36 heavy (non-hydrogen) atoms. The zero-order valence-corrected chi connectivity index (χ0v) is 21.3. The maximum Gasteiger partial charge on any atom is 0.228 e. The number of amides is 1. The van der Waals surface area contributed by atoms with Crippen LogP contribution in [0.25, 0.3) is 11.1 Å². The lowest BCUT2D eigenvalue weighted by Gasteiger charge is -2.38. The predicted octanol–water partition coefficient (Wildman–Crippen LogP) is 5.35. The topological polar surface area (TPSA) is 50.8 Å². The number of aryl methyl sites for hydroxylation is 1. The fourth-order valence-electron chi connectivity index (χ4n) is 5.61. The molecule has 1 amide bonds. The summed E-state index contributed by atoms with van der Waals surface area (Å²) >= 11 is 0. The van der Waals surface area contributed by atoms with Crippen molar-refractivity contribution >= 4 is 5.91 Å². The fourth-order valence-corrected chi connectivity index (χ4v) is 5.61. The Morgan fingerprint density at radius 2 is 1.83 bits per heavy atom. The highest BCUT2D eigenvalue weighted by Crippen LogP contribution is 2.39. The van der Waals surface area contributed by atoms with E-state index in [0.717, 1.165) is 30.9 Å². The average Bonchev–Trinajstić information content (AvgIpc) is 3.42. The summed E-state index contributed by atoms with van der Waals surface area (Å²) in [5.41, 5.74) is 5.94. The van der Waals surface area contributed by atoms with E-state index in [-0.39, 0.29) is 23.8 Å². The molecule has 2 saturated heterocycles. The second-order valence-corrected chi connectivity index (χ2v) is 9.82. The molecule has 0 aromatic heterocycles. The van der Waals surface area contributed by atoms with Gasteiger partial charge in [0, 0.05) is 25.6 Å². The highest BCUT2D eigenvalue weighted by atomic mass is 16.5. The number of benzene rings is 3. The molecule has 188 valence electrons. The first kappa shape index (κ1) is 24.5. The Kier molecular flexibility index (Phi) is 7.69. The third-order valence-electron chi connectivity index (χ3n) is 7.45. The predicted molar refractivity (Wildman–Crippen MR) is 143 cm³/mol. The molecule has 2 heterocycles. The summed E-state index contributed by atoms with van der Waals surface area (Å²) in [5, 5.41) is 3.52. The maximum atomic E-state index is 14.0. The molecule has 5 nitrogen and oxygen atoms in total. The monoisotopic (exact) mass is 484 g/mol. The van der Waals surface area contributed by atoms with E-state index in [0.29, 0.717) is 26.3 Å². The van der Waals surface area contributed by atoms with E-state index < -0.39 is 0 Å². The van der Waals surface area contributed by atoms with Crippen molar-refractivity contribution in [3.8, 4) is 16.9 Å². The lowest BCUT2D eigenvalue weighted by atomic mass is 9.82. The van der Waals surface area contributed by atoms with Crippen LogP contribution >= 0.6 is 0 Å². The molecule has 3 atom stereocenters. The second-order valence-electron chi connectivity index (χ2n) is 9.82. The molecule has 2 aliphatic rings. The molecule has 2 fully saturated rings. The second kappa shape index (κ2) is 11.3. The summed E-state index contributed by atoms with van der Waals surface area (Å²) in [4.78, 5) is 16.1. The quantitative estimate of drug-likeness (QED) is 0.491. The van der Waals surface area contributed by atoms with Gasteiger partial charge in [-0.25, -0.2) is 0 Å². The average molecular weight is 485 g/mol. The first-order valence-electron chi connectivity index (χ1n) is 13.1. The van der Waals surface area contributed by atoms with Gasteiger partial charge in [-0.05, 0) is 53.3 Å². The normalized spacial score (nSPS) is 21.9. The standard InChI is InChI=1S/C31H36N2O3/c1-3-16-36-24-13-14-25(22(2)18-24)26-11-7-8-12-27(26)28-19-32-20-29(28)31(34)33-15-17-35-21-30(33)23-9-5-4-6-10-23/h4-14,18,28-30,32H,3,15-17,19-21H2,1-2H3/t28-,29+,30+/m0/s1. The molecule has 3 aromatic rings. The highest BCUT2D eigenvalue weighted by molar-refractivity contribution is 5.82. The van der Waals surface area contributed by atoms with Gasteiger partial charge in [-0.3, -0.25) is 4.79 Å². The van der Waals surface area contributed by atoms with Gasteiger partial charge in [-0.2, -0.15) is 0 Å². The maximum absolute atomic E-state index is 14.0.